The average molecular weight is 356 g/mol. The predicted octanol–water partition coefficient (Wildman–Crippen LogP) is 3.39. The van der Waals surface area contributed by atoms with E-state index in [4.69, 9.17) is 4.74 Å². The second kappa shape index (κ2) is 7.22. The topological polar surface area (TPSA) is 77.0 Å². The molecule has 0 bridgehead atoms. The third-order valence-electron chi connectivity index (χ3n) is 3.60. The van der Waals surface area contributed by atoms with Crippen LogP contribution in [0, 0.1) is 18.6 Å². The quantitative estimate of drug-likeness (QED) is 0.775. The van der Waals surface area contributed by atoms with Crippen LogP contribution in [0.4, 0.5) is 14.5 Å². The van der Waals surface area contributed by atoms with Crippen molar-refractivity contribution < 1.29 is 18.3 Å². The number of amides is 1. The molecule has 1 amide bonds. The molecule has 0 spiro atoms. The average Bonchev–Trinajstić information content (AvgIpc) is 2.65. The Morgan fingerprint density at radius 1 is 1.08 bits per heavy atom. The minimum absolute atomic E-state index is 0.133. The number of pyridine rings is 1. The molecule has 0 aliphatic carbocycles. The van der Waals surface area contributed by atoms with Crippen LogP contribution in [0.15, 0.2) is 42.7 Å². The molecule has 0 saturated heterocycles. The maximum absolute atomic E-state index is 13.3. The Morgan fingerprint density at radius 3 is 2.46 bits per heavy atom. The van der Waals surface area contributed by atoms with E-state index >= 15 is 0 Å². The zero-order valence-electron chi connectivity index (χ0n) is 14.0. The summed E-state index contributed by atoms with van der Waals surface area (Å²) in [4.78, 5) is 24.8. The predicted molar refractivity (Wildman–Crippen MR) is 90.9 cm³/mol. The molecule has 6 nitrogen and oxygen atoms in total. The van der Waals surface area contributed by atoms with Crippen LogP contribution in [0.2, 0.25) is 0 Å². The van der Waals surface area contributed by atoms with E-state index < -0.39 is 17.5 Å². The maximum atomic E-state index is 13.3. The lowest BCUT2D eigenvalue weighted by Crippen LogP contribution is -2.16. The highest BCUT2D eigenvalue weighted by Crippen LogP contribution is 2.20. The molecule has 1 N–H and O–H groups in total. The van der Waals surface area contributed by atoms with Crippen molar-refractivity contribution in [2.45, 2.75) is 6.92 Å². The summed E-state index contributed by atoms with van der Waals surface area (Å²) >= 11 is 0. The van der Waals surface area contributed by atoms with E-state index in [1.165, 1.54) is 25.6 Å². The number of nitrogens with zero attached hydrogens (tertiary/aromatic N) is 3. The van der Waals surface area contributed by atoms with E-state index in [9.17, 15) is 13.6 Å². The van der Waals surface area contributed by atoms with Crippen LogP contribution in [-0.2, 0) is 0 Å². The smallest absolute Gasteiger partial charge is 0.316 e. The van der Waals surface area contributed by atoms with E-state index in [2.05, 4.69) is 20.3 Å². The molecule has 2 aromatic heterocycles. The summed E-state index contributed by atoms with van der Waals surface area (Å²) in [5, 5.41) is 2.50. The number of halogens is 2. The van der Waals surface area contributed by atoms with Crippen LogP contribution in [0.1, 0.15) is 16.1 Å². The summed E-state index contributed by atoms with van der Waals surface area (Å²) < 4.78 is 31.2. The number of hydrogen-bond acceptors (Lipinski definition) is 5. The Bertz CT molecular complexity index is 962. The Balaban J connectivity index is 1.88. The van der Waals surface area contributed by atoms with Gasteiger partial charge in [-0.05, 0) is 30.7 Å². The van der Waals surface area contributed by atoms with Crippen molar-refractivity contribution in [2.24, 2.45) is 0 Å². The van der Waals surface area contributed by atoms with Gasteiger partial charge in [-0.1, -0.05) is 6.07 Å². The van der Waals surface area contributed by atoms with E-state index in [1.54, 1.807) is 19.1 Å². The lowest BCUT2D eigenvalue weighted by molar-refractivity contribution is 0.102. The van der Waals surface area contributed by atoms with Crippen LogP contribution >= 0.6 is 0 Å². The summed E-state index contributed by atoms with van der Waals surface area (Å²) in [6, 6.07) is 6.80. The zero-order chi connectivity index (χ0) is 18.7. The maximum Gasteiger partial charge on any atom is 0.316 e. The van der Waals surface area contributed by atoms with Crippen LogP contribution < -0.4 is 10.1 Å². The van der Waals surface area contributed by atoms with Crippen molar-refractivity contribution in [2.75, 3.05) is 12.4 Å². The minimum Gasteiger partial charge on any atom is -0.467 e. The van der Waals surface area contributed by atoms with Gasteiger partial charge in [-0.15, -0.1) is 0 Å². The SMILES string of the molecule is COc1ncc(-c2ccc(C)c(C(=O)Nc3ccc(F)c(F)c3)n2)cn1. The van der Waals surface area contributed by atoms with Crippen molar-refractivity contribution in [1.82, 2.24) is 15.0 Å². The normalized spacial score (nSPS) is 10.5. The number of ether oxygens (including phenoxy) is 1. The number of carbonyl (C=O) groups is 1. The van der Waals surface area contributed by atoms with Crippen LogP contribution in [0.3, 0.4) is 0 Å². The van der Waals surface area contributed by atoms with Crippen molar-refractivity contribution in [3.05, 3.63) is 65.6 Å². The first-order chi connectivity index (χ1) is 12.5. The van der Waals surface area contributed by atoms with Gasteiger partial charge in [0.25, 0.3) is 5.91 Å². The highest BCUT2D eigenvalue weighted by Gasteiger charge is 2.14. The largest absolute Gasteiger partial charge is 0.467 e. The fourth-order valence-corrected chi connectivity index (χ4v) is 2.24. The Labute approximate surface area is 147 Å². The third-order valence-corrected chi connectivity index (χ3v) is 3.60. The van der Waals surface area contributed by atoms with Crippen LogP contribution in [-0.4, -0.2) is 28.0 Å². The lowest BCUT2D eigenvalue weighted by atomic mass is 10.1. The highest BCUT2D eigenvalue weighted by molar-refractivity contribution is 6.04. The first-order valence-corrected chi connectivity index (χ1v) is 7.58. The first kappa shape index (κ1) is 17.4. The fourth-order valence-electron chi connectivity index (χ4n) is 2.24. The number of anilines is 1. The summed E-state index contributed by atoms with van der Waals surface area (Å²) in [6.45, 7) is 1.72. The number of aryl methyl sites for hydroxylation is 1. The van der Waals surface area contributed by atoms with Gasteiger partial charge in [0.05, 0.1) is 12.8 Å². The molecule has 0 saturated carbocycles. The second-order valence-electron chi connectivity index (χ2n) is 5.40. The standard InChI is InChI=1S/C18H14F2N4O2/c1-10-3-6-15(11-8-21-18(26-2)22-9-11)24-16(10)17(25)23-12-4-5-13(19)14(20)7-12/h3-9H,1-2H3,(H,23,25). The molecule has 8 heteroatoms. The summed E-state index contributed by atoms with van der Waals surface area (Å²) in [5.41, 5.74) is 2.01. The molecule has 1 aromatic carbocycles. The number of benzene rings is 1. The molecule has 0 aliphatic rings. The van der Waals surface area contributed by atoms with Crippen molar-refractivity contribution >= 4 is 11.6 Å². The first-order valence-electron chi connectivity index (χ1n) is 7.58. The molecule has 0 fully saturated rings. The molecule has 3 aromatic rings. The molecular weight excluding hydrogens is 342 g/mol. The van der Waals surface area contributed by atoms with Gasteiger partial charge in [0, 0.05) is 29.7 Å². The molecule has 26 heavy (non-hydrogen) atoms. The third kappa shape index (κ3) is 3.64. The molecular formula is C18H14F2N4O2. The Morgan fingerprint density at radius 2 is 1.81 bits per heavy atom. The van der Waals surface area contributed by atoms with Crippen LogP contribution in [0.25, 0.3) is 11.3 Å². The van der Waals surface area contributed by atoms with Crippen molar-refractivity contribution in [3.8, 4) is 17.3 Å². The van der Waals surface area contributed by atoms with Crippen molar-refractivity contribution in [1.29, 1.82) is 0 Å². The molecule has 2 heterocycles. The summed E-state index contributed by atoms with van der Waals surface area (Å²) in [5.74, 6) is -2.57. The zero-order valence-corrected chi connectivity index (χ0v) is 14.0. The number of rotatable bonds is 4. The number of methoxy groups -OCH3 is 1. The fraction of sp³-hybridized carbons (Fsp3) is 0.111. The molecule has 132 valence electrons. The monoisotopic (exact) mass is 356 g/mol. The number of hydrogen-bond donors (Lipinski definition) is 1. The molecule has 0 radical (unpaired) electrons. The van der Waals surface area contributed by atoms with E-state index in [-0.39, 0.29) is 17.4 Å². The Hall–Kier alpha value is -3.42. The van der Waals surface area contributed by atoms with Gasteiger partial charge in [0.15, 0.2) is 11.6 Å². The van der Waals surface area contributed by atoms with E-state index in [0.29, 0.717) is 16.8 Å². The summed E-state index contributed by atoms with van der Waals surface area (Å²) in [6.07, 6.45) is 3.06. The van der Waals surface area contributed by atoms with Gasteiger partial charge in [-0.25, -0.2) is 23.7 Å². The molecule has 0 atom stereocenters. The van der Waals surface area contributed by atoms with E-state index in [0.717, 1.165) is 12.1 Å². The molecule has 0 aliphatic heterocycles. The van der Waals surface area contributed by atoms with Crippen molar-refractivity contribution in [3.63, 3.8) is 0 Å². The van der Waals surface area contributed by atoms with Gasteiger partial charge in [-0.3, -0.25) is 4.79 Å². The number of nitrogens with one attached hydrogen (secondary N) is 1. The Kier molecular flexibility index (Phi) is 4.83. The molecule has 3 rings (SSSR count). The van der Waals surface area contributed by atoms with Gasteiger partial charge in [0.2, 0.25) is 0 Å². The van der Waals surface area contributed by atoms with Crippen LogP contribution in [0.5, 0.6) is 6.01 Å². The number of aromatic nitrogens is 3. The van der Waals surface area contributed by atoms with Gasteiger partial charge >= 0.3 is 6.01 Å². The minimum atomic E-state index is -1.04. The molecule has 0 unspecified atom stereocenters. The lowest BCUT2D eigenvalue weighted by Gasteiger charge is -2.09. The van der Waals surface area contributed by atoms with Gasteiger partial charge in [0.1, 0.15) is 5.69 Å². The number of carbonyl (C=O) groups excluding carboxylic acids is 1. The van der Waals surface area contributed by atoms with E-state index in [1.807, 2.05) is 0 Å². The highest BCUT2D eigenvalue weighted by atomic mass is 19.2. The summed E-state index contributed by atoms with van der Waals surface area (Å²) in [7, 11) is 1.46. The van der Waals surface area contributed by atoms with Gasteiger partial charge < -0.3 is 10.1 Å². The second-order valence-corrected chi connectivity index (χ2v) is 5.40. The van der Waals surface area contributed by atoms with Gasteiger partial charge in [-0.2, -0.15) is 0 Å².